The van der Waals surface area contributed by atoms with Gasteiger partial charge in [-0.15, -0.1) is 0 Å². The van der Waals surface area contributed by atoms with E-state index in [0.717, 1.165) is 29.7 Å². The number of primary sulfonamides is 1. The van der Waals surface area contributed by atoms with Gasteiger partial charge in [-0.1, -0.05) is 24.3 Å². The minimum Gasteiger partial charge on any atom is -0.367 e. The molecule has 0 bridgehead atoms. The van der Waals surface area contributed by atoms with E-state index in [4.69, 9.17) is 5.14 Å². The van der Waals surface area contributed by atoms with E-state index in [1.54, 1.807) is 24.5 Å². The number of carbonyl (C=O) groups is 1. The molecule has 0 unspecified atom stereocenters. The zero-order valence-electron chi connectivity index (χ0n) is 18.3. The third kappa shape index (κ3) is 4.78. The molecular weight excluding hydrogens is 452 g/mol. The molecule has 1 aliphatic carbocycles. The Labute approximate surface area is 197 Å². The molecule has 0 saturated heterocycles. The number of carbonyl (C=O) groups excluding carboxylic acids is 1. The summed E-state index contributed by atoms with van der Waals surface area (Å²) in [6.45, 7) is 0.592. The van der Waals surface area contributed by atoms with Gasteiger partial charge >= 0.3 is 0 Å². The molecule has 4 aromatic rings. The zero-order chi connectivity index (χ0) is 23.7. The van der Waals surface area contributed by atoms with Gasteiger partial charge in [0.05, 0.1) is 16.8 Å². The van der Waals surface area contributed by atoms with Crippen LogP contribution in [-0.4, -0.2) is 41.3 Å². The number of nitrogens with two attached hydrogens (primary N) is 1. The number of imidazole rings is 1. The standard InChI is InChI=1S/C24H24N6O3S/c25-34(32,33)20-9-1-16(2-10-20)11-12-26-22-23-28-15-21(30(23)14-13-27-22)17-3-5-18(6-4-17)24(31)29-19-7-8-19/h1-6,9-10,13-15,19H,7-8,11-12H2,(H,26,27)(H,29,31)(H2,25,32,33). The van der Waals surface area contributed by atoms with E-state index in [1.807, 2.05) is 34.9 Å². The molecule has 1 amide bonds. The lowest BCUT2D eigenvalue weighted by Crippen LogP contribution is -2.25. The van der Waals surface area contributed by atoms with Crippen molar-refractivity contribution in [3.8, 4) is 11.3 Å². The smallest absolute Gasteiger partial charge is 0.251 e. The molecule has 34 heavy (non-hydrogen) atoms. The fourth-order valence-electron chi connectivity index (χ4n) is 3.72. The highest BCUT2D eigenvalue weighted by Gasteiger charge is 2.23. The summed E-state index contributed by atoms with van der Waals surface area (Å²) in [5.74, 6) is 0.609. The van der Waals surface area contributed by atoms with Gasteiger partial charge in [-0.25, -0.2) is 23.5 Å². The number of rotatable bonds is 8. The third-order valence-corrected chi connectivity index (χ3v) is 6.67. The average molecular weight is 477 g/mol. The van der Waals surface area contributed by atoms with Gasteiger partial charge in [0.2, 0.25) is 10.0 Å². The van der Waals surface area contributed by atoms with Gasteiger partial charge in [-0.3, -0.25) is 9.20 Å². The normalized spacial score (nSPS) is 13.7. The Balaban J connectivity index is 1.28. The average Bonchev–Trinajstić information content (AvgIpc) is 3.53. The predicted octanol–water partition coefficient (Wildman–Crippen LogP) is 2.59. The summed E-state index contributed by atoms with van der Waals surface area (Å²) in [7, 11) is -3.69. The molecular formula is C24H24N6O3S. The number of aromatic nitrogens is 3. The van der Waals surface area contributed by atoms with Crippen LogP contribution in [0.4, 0.5) is 5.82 Å². The number of sulfonamides is 1. The van der Waals surface area contributed by atoms with Crippen LogP contribution < -0.4 is 15.8 Å². The first-order valence-corrected chi connectivity index (χ1v) is 12.5. The summed E-state index contributed by atoms with van der Waals surface area (Å²) >= 11 is 0. The van der Waals surface area contributed by atoms with Gasteiger partial charge < -0.3 is 10.6 Å². The van der Waals surface area contributed by atoms with E-state index in [-0.39, 0.29) is 10.8 Å². The summed E-state index contributed by atoms with van der Waals surface area (Å²) in [5, 5.41) is 11.4. The highest BCUT2D eigenvalue weighted by molar-refractivity contribution is 7.89. The first-order valence-electron chi connectivity index (χ1n) is 11.0. The molecule has 0 radical (unpaired) electrons. The van der Waals surface area contributed by atoms with Crippen molar-refractivity contribution in [2.45, 2.75) is 30.2 Å². The number of amides is 1. The van der Waals surface area contributed by atoms with Gasteiger partial charge in [0.25, 0.3) is 5.91 Å². The molecule has 9 nitrogen and oxygen atoms in total. The molecule has 0 atom stereocenters. The van der Waals surface area contributed by atoms with Crippen molar-refractivity contribution >= 4 is 27.4 Å². The minimum atomic E-state index is -3.69. The van der Waals surface area contributed by atoms with Crippen LogP contribution >= 0.6 is 0 Å². The largest absolute Gasteiger partial charge is 0.367 e. The van der Waals surface area contributed by atoms with Gasteiger partial charge in [-0.05, 0) is 49.1 Å². The highest BCUT2D eigenvalue weighted by atomic mass is 32.2. The lowest BCUT2D eigenvalue weighted by Gasteiger charge is -2.09. The van der Waals surface area contributed by atoms with Crippen LogP contribution in [-0.2, 0) is 16.4 Å². The predicted molar refractivity (Wildman–Crippen MR) is 129 cm³/mol. The van der Waals surface area contributed by atoms with Crippen LogP contribution in [0.2, 0.25) is 0 Å². The molecule has 5 rings (SSSR count). The molecule has 1 saturated carbocycles. The van der Waals surface area contributed by atoms with E-state index in [9.17, 15) is 13.2 Å². The quantitative estimate of drug-likeness (QED) is 0.358. The van der Waals surface area contributed by atoms with E-state index in [1.165, 1.54) is 12.1 Å². The maximum atomic E-state index is 12.2. The zero-order valence-corrected chi connectivity index (χ0v) is 19.1. The molecule has 4 N–H and O–H groups in total. The molecule has 2 aromatic heterocycles. The molecule has 0 aliphatic heterocycles. The van der Waals surface area contributed by atoms with Crippen LogP contribution in [0.5, 0.6) is 0 Å². The van der Waals surface area contributed by atoms with E-state index in [2.05, 4.69) is 20.6 Å². The van der Waals surface area contributed by atoms with Gasteiger partial charge in [0.15, 0.2) is 11.5 Å². The highest BCUT2D eigenvalue weighted by Crippen LogP contribution is 2.24. The van der Waals surface area contributed by atoms with Crippen molar-refractivity contribution in [2.75, 3.05) is 11.9 Å². The second-order valence-electron chi connectivity index (χ2n) is 8.30. The number of benzene rings is 2. The fourth-order valence-corrected chi connectivity index (χ4v) is 4.23. The Morgan fingerprint density at radius 3 is 2.47 bits per heavy atom. The van der Waals surface area contributed by atoms with Crippen molar-refractivity contribution in [3.63, 3.8) is 0 Å². The lowest BCUT2D eigenvalue weighted by atomic mass is 10.1. The number of hydrogen-bond donors (Lipinski definition) is 3. The minimum absolute atomic E-state index is 0.0397. The maximum Gasteiger partial charge on any atom is 0.251 e. The summed E-state index contributed by atoms with van der Waals surface area (Å²) in [6.07, 6.45) is 8.13. The number of fused-ring (bicyclic) bond motifs is 1. The third-order valence-electron chi connectivity index (χ3n) is 5.74. The van der Waals surface area contributed by atoms with Crippen molar-refractivity contribution in [1.29, 1.82) is 0 Å². The summed E-state index contributed by atoms with van der Waals surface area (Å²) in [4.78, 5) is 21.3. The molecule has 2 aromatic carbocycles. The Hall–Kier alpha value is -3.76. The van der Waals surface area contributed by atoms with Crippen molar-refractivity contribution < 1.29 is 13.2 Å². The molecule has 1 fully saturated rings. The SMILES string of the molecule is NS(=O)(=O)c1ccc(CCNc2nccn3c(-c4ccc(C(=O)NC5CC5)cc4)cnc23)cc1. The first-order chi connectivity index (χ1) is 16.4. The van der Waals surface area contributed by atoms with Gasteiger partial charge in [0, 0.05) is 36.1 Å². The first kappa shape index (κ1) is 22.1. The van der Waals surface area contributed by atoms with Crippen LogP contribution in [0, 0.1) is 0 Å². The Morgan fingerprint density at radius 2 is 1.79 bits per heavy atom. The molecule has 2 heterocycles. The lowest BCUT2D eigenvalue weighted by molar-refractivity contribution is 0.0951. The number of nitrogens with zero attached hydrogens (tertiary/aromatic N) is 3. The fraction of sp³-hybridized carbons (Fsp3) is 0.208. The molecule has 0 spiro atoms. The molecule has 10 heteroatoms. The second-order valence-corrected chi connectivity index (χ2v) is 9.87. The van der Waals surface area contributed by atoms with Crippen LogP contribution in [0.15, 0.2) is 72.0 Å². The number of nitrogens with one attached hydrogen (secondary N) is 2. The van der Waals surface area contributed by atoms with E-state index < -0.39 is 10.0 Å². The second kappa shape index (κ2) is 8.88. The van der Waals surface area contributed by atoms with Crippen LogP contribution in [0.1, 0.15) is 28.8 Å². The summed E-state index contributed by atoms with van der Waals surface area (Å²) < 4.78 is 24.7. The molecule has 174 valence electrons. The topological polar surface area (TPSA) is 131 Å². The monoisotopic (exact) mass is 476 g/mol. The Kier molecular flexibility index (Phi) is 5.76. The maximum absolute atomic E-state index is 12.2. The van der Waals surface area contributed by atoms with Crippen molar-refractivity contribution in [1.82, 2.24) is 19.7 Å². The van der Waals surface area contributed by atoms with Crippen LogP contribution in [0.3, 0.4) is 0 Å². The molecule has 1 aliphatic rings. The van der Waals surface area contributed by atoms with Crippen molar-refractivity contribution in [2.24, 2.45) is 5.14 Å². The van der Waals surface area contributed by atoms with Gasteiger partial charge in [-0.2, -0.15) is 0 Å². The summed E-state index contributed by atoms with van der Waals surface area (Å²) in [5.41, 5.74) is 4.15. The summed E-state index contributed by atoms with van der Waals surface area (Å²) in [6, 6.07) is 14.3. The number of hydrogen-bond acceptors (Lipinski definition) is 6. The van der Waals surface area contributed by atoms with Gasteiger partial charge in [0.1, 0.15) is 0 Å². The number of anilines is 1. The van der Waals surface area contributed by atoms with Crippen molar-refractivity contribution in [3.05, 3.63) is 78.2 Å². The van der Waals surface area contributed by atoms with E-state index in [0.29, 0.717) is 36.0 Å². The van der Waals surface area contributed by atoms with Crippen LogP contribution in [0.25, 0.3) is 16.9 Å². The van der Waals surface area contributed by atoms with E-state index >= 15 is 0 Å². The Morgan fingerprint density at radius 1 is 1.06 bits per heavy atom. The Bertz CT molecular complexity index is 1440.